The fourth-order valence-corrected chi connectivity index (χ4v) is 3.27. The summed E-state index contributed by atoms with van der Waals surface area (Å²) in [5.74, 6) is 0.583. The number of fused-ring (bicyclic) bond motifs is 1. The molecular formula is C18H13N3OS. The van der Waals surface area contributed by atoms with Crippen molar-refractivity contribution in [3.05, 3.63) is 80.6 Å². The van der Waals surface area contributed by atoms with Crippen molar-refractivity contribution in [1.82, 2.24) is 14.6 Å². The summed E-state index contributed by atoms with van der Waals surface area (Å²) in [4.78, 5) is 17.6. The van der Waals surface area contributed by atoms with E-state index in [1.165, 1.54) is 21.4 Å². The Kier molecular flexibility index (Phi) is 3.28. The van der Waals surface area contributed by atoms with Gasteiger partial charge in [-0.05, 0) is 18.6 Å². The van der Waals surface area contributed by atoms with E-state index in [0.717, 1.165) is 11.1 Å². The second-order valence-electron chi connectivity index (χ2n) is 5.32. The SMILES string of the molecule is Cc1ccc(-c2nc3s/c(=C\c4ccccc4)c(=O)n3n2)cc1. The van der Waals surface area contributed by atoms with Gasteiger partial charge in [0, 0.05) is 5.56 Å². The highest BCUT2D eigenvalue weighted by Gasteiger charge is 2.11. The van der Waals surface area contributed by atoms with Crippen LogP contribution in [0.3, 0.4) is 0 Å². The molecule has 2 aromatic heterocycles. The van der Waals surface area contributed by atoms with Crippen LogP contribution in [-0.4, -0.2) is 14.6 Å². The molecule has 0 saturated heterocycles. The van der Waals surface area contributed by atoms with Gasteiger partial charge in [0.1, 0.15) is 0 Å². The highest BCUT2D eigenvalue weighted by molar-refractivity contribution is 7.15. The fourth-order valence-electron chi connectivity index (χ4n) is 2.36. The molecule has 4 rings (SSSR count). The van der Waals surface area contributed by atoms with Crippen molar-refractivity contribution in [3.8, 4) is 11.4 Å². The van der Waals surface area contributed by atoms with Gasteiger partial charge < -0.3 is 0 Å². The van der Waals surface area contributed by atoms with Gasteiger partial charge in [-0.15, -0.1) is 5.10 Å². The zero-order valence-electron chi connectivity index (χ0n) is 12.4. The van der Waals surface area contributed by atoms with Crippen LogP contribution in [-0.2, 0) is 0 Å². The standard InChI is InChI=1S/C18H13N3OS/c1-12-7-9-14(10-8-12)16-19-18-21(20-16)17(22)15(23-18)11-13-5-3-2-4-6-13/h2-11H,1H3/b15-11-. The minimum absolute atomic E-state index is 0.125. The van der Waals surface area contributed by atoms with Crippen LogP contribution in [0.15, 0.2) is 59.4 Å². The van der Waals surface area contributed by atoms with Crippen molar-refractivity contribution < 1.29 is 0 Å². The van der Waals surface area contributed by atoms with Gasteiger partial charge >= 0.3 is 0 Å². The summed E-state index contributed by atoms with van der Waals surface area (Å²) in [5, 5.41) is 4.36. The molecule has 0 aliphatic heterocycles. The molecule has 0 N–H and O–H groups in total. The Morgan fingerprint density at radius 2 is 1.78 bits per heavy atom. The summed E-state index contributed by atoms with van der Waals surface area (Å²) < 4.78 is 2.02. The van der Waals surface area contributed by atoms with E-state index < -0.39 is 0 Å². The van der Waals surface area contributed by atoms with Crippen molar-refractivity contribution in [1.29, 1.82) is 0 Å². The van der Waals surface area contributed by atoms with E-state index in [0.29, 0.717) is 15.3 Å². The maximum atomic E-state index is 12.5. The summed E-state index contributed by atoms with van der Waals surface area (Å²) in [7, 11) is 0. The van der Waals surface area contributed by atoms with Crippen LogP contribution in [0.1, 0.15) is 11.1 Å². The topological polar surface area (TPSA) is 47.3 Å². The zero-order valence-corrected chi connectivity index (χ0v) is 13.2. The number of hydrogen-bond acceptors (Lipinski definition) is 4. The monoisotopic (exact) mass is 319 g/mol. The van der Waals surface area contributed by atoms with Gasteiger partial charge in [-0.2, -0.15) is 9.50 Å². The number of rotatable bonds is 2. The second kappa shape index (κ2) is 5.44. The summed E-state index contributed by atoms with van der Waals surface area (Å²) >= 11 is 1.36. The van der Waals surface area contributed by atoms with Crippen molar-refractivity contribution in [2.45, 2.75) is 6.92 Å². The number of hydrogen-bond donors (Lipinski definition) is 0. The van der Waals surface area contributed by atoms with Crippen molar-refractivity contribution >= 4 is 22.4 Å². The molecule has 2 aromatic carbocycles. The molecule has 0 bridgehead atoms. The Morgan fingerprint density at radius 1 is 1.04 bits per heavy atom. The van der Waals surface area contributed by atoms with Crippen molar-refractivity contribution in [3.63, 3.8) is 0 Å². The van der Waals surface area contributed by atoms with Crippen LogP contribution in [0.2, 0.25) is 0 Å². The van der Waals surface area contributed by atoms with E-state index in [4.69, 9.17) is 0 Å². The Hall–Kier alpha value is -2.79. The van der Waals surface area contributed by atoms with Gasteiger partial charge in [-0.1, -0.05) is 71.5 Å². The molecule has 0 aliphatic carbocycles. The van der Waals surface area contributed by atoms with Crippen LogP contribution in [0.5, 0.6) is 0 Å². The first-order valence-electron chi connectivity index (χ1n) is 7.24. The molecule has 2 heterocycles. The van der Waals surface area contributed by atoms with Crippen LogP contribution >= 0.6 is 11.3 Å². The molecule has 0 radical (unpaired) electrons. The summed E-state index contributed by atoms with van der Waals surface area (Å²) in [6.45, 7) is 2.03. The number of aromatic nitrogens is 3. The summed E-state index contributed by atoms with van der Waals surface area (Å²) in [6, 6.07) is 17.7. The molecule has 0 spiro atoms. The highest BCUT2D eigenvalue weighted by atomic mass is 32.1. The molecule has 0 atom stereocenters. The van der Waals surface area contributed by atoms with E-state index in [1.807, 2.05) is 67.6 Å². The van der Waals surface area contributed by atoms with E-state index in [1.54, 1.807) is 0 Å². The van der Waals surface area contributed by atoms with Gasteiger partial charge in [0.05, 0.1) is 4.53 Å². The van der Waals surface area contributed by atoms with E-state index in [2.05, 4.69) is 10.1 Å². The van der Waals surface area contributed by atoms with Crippen LogP contribution in [0.25, 0.3) is 22.4 Å². The first-order chi connectivity index (χ1) is 11.2. The van der Waals surface area contributed by atoms with Crippen molar-refractivity contribution in [2.24, 2.45) is 0 Å². The van der Waals surface area contributed by atoms with Gasteiger partial charge in [0.25, 0.3) is 5.56 Å². The molecule has 112 valence electrons. The maximum Gasteiger partial charge on any atom is 0.291 e. The Morgan fingerprint density at radius 3 is 2.48 bits per heavy atom. The molecule has 0 amide bonds. The molecule has 23 heavy (non-hydrogen) atoms. The second-order valence-corrected chi connectivity index (χ2v) is 6.33. The van der Waals surface area contributed by atoms with E-state index in [-0.39, 0.29) is 5.56 Å². The Labute approximate surface area is 136 Å². The lowest BCUT2D eigenvalue weighted by molar-refractivity contribution is 0.937. The largest absolute Gasteiger partial charge is 0.291 e. The molecule has 0 fully saturated rings. The minimum atomic E-state index is -0.125. The Bertz CT molecular complexity index is 1080. The molecule has 0 unspecified atom stereocenters. The normalized spacial score (nSPS) is 12.1. The average molecular weight is 319 g/mol. The smallest absolute Gasteiger partial charge is 0.266 e. The van der Waals surface area contributed by atoms with E-state index >= 15 is 0 Å². The Balaban J connectivity index is 1.82. The predicted octanol–water partition coefficient (Wildman–Crippen LogP) is 2.67. The zero-order chi connectivity index (χ0) is 15.8. The number of benzene rings is 2. The fraction of sp³-hybridized carbons (Fsp3) is 0.0556. The van der Waals surface area contributed by atoms with Gasteiger partial charge in [-0.25, -0.2) is 0 Å². The third-order valence-corrected chi connectivity index (χ3v) is 4.55. The quantitative estimate of drug-likeness (QED) is 0.571. The lowest BCUT2D eigenvalue weighted by Gasteiger charge is -1.95. The minimum Gasteiger partial charge on any atom is -0.266 e. The number of thiazole rings is 1. The first kappa shape index (κ1) is 13.8. The summed E-state index contributed by atoms with van der Waals surface area (Å²) in [5.41, 5.74) is 2.96. The molecule has 5 heteroatoms. The number of aryl methyl sites for hydroxylation is 1. The van der Waals surface area contributed by atoms with Gasteiger partial charge in [0.15, 0.2) is 5.82 Å². The van der Waals surface area contributed by atoms with Crippen molar-refractivity contribution in [2.75, 3.05) is 0 Å². The van der Waals surface area contributed by atoms with Crippen LogP contribution in [0.4, 0.5) is 0 Å². The lowest BCUT2D eigenvalue weighted by Crippen LogP contribution is -2.23. The lowest BCUT2D eigenvalue weighted by atomic mass is 10.1. The third-order valence-electron chi connectivity index (χ3n) is 3.59. The molecular weight excluding hydrogens is 306 g/mol. The van der Waals surface area contributed by atoms with Crippen LogP contribution < -0.4 is 10.1 Å². The van der Waals surface area contributed by atoms with Gasteiger partial charge in [-0.3, -0.25) is 4.79 Å². The van der Waals surface area contributed by atoms with Gasteiger partial charge in [0.2, 0.25) is 4.96 Å². The predicted molar refractivity (Wildman–Crippen MR) is 92.5 cm³/mol. The molecule has 4 aromatic rings. The maximum absolute atomic E-state index is 12.5. The highest BCUT2D eigenvalue weighted by Crippen LogP contribution is 2.17. The molecule has 0 aliphatic rings. The third kappa shape index (κ3) is 2.55. The summed E-state index contributed by atoms with van der Waals surface area (Å²) in [6.07, 6.45) is 1.87. The van der Waals surface area contributed by atoms with E-state index in [9.17, 15) is 4.79 Å². The molecule has 4 nitrogen and oxygen atoms in total. The molecule has 0 saturated carbocycles. The van der Waals surface area contributed by atoms with Crippen LogP contribution in [0, 0.1) is 6.92 Å². The average Bonchev–Trinajstić information content (AvgIpc) is 3.10. The number of nitrogens with zero attached hydrogens (tertiary/aromatic N) is 3. The first-order valence-corrected chi connectivity index (χ1v) is 8.06.